The number of nitrogens with zero attached hydrogens (tertiary/aromatic N) is 1. The number of pyridine rings is 1. The van der Waals surface area contributed by atoms with E-state index in [-0.39, 0.29) is 0 Å². The third-order valence-corrected chi connectivity index (χ3v) is 1.22. The van der Waals surface area contributed by atoms with E-state index in [2.05, 4.69) is 11.1 Å². The average Bonchev–Trinajstić information content (AvgIpc) is 1.59. The Morgan fingerprint density at radius 3 is 2.67 bits per heavy atom. The molecule has 1 nitrogen and oxygen atoms in total. The molecule has 1 radical (unpaired) electrons. The Labute approximate surface area is 63.6 Å². The maximum atomic E-state index is 5.57. The Morgan fingerprint density at radius 1 is 1.56 bits per heavy atom. The van der Waals surface area contributed by atoms with Crippen LogP contribution in [-0.2, 0) is 0 Å². The fourth-order valence-electron chi connectivity index (χ4n) is 0.533. The Kier molecular flexibility index (Phi) is 1.94. The lowest BCUT2D eigenvalue weighted by molar-refractivity contribution is 1.20. The van der Waals surface area contributed by atoms with Crippen LogP contribution in [0.25, 0.3) is 0 Å². The highest BCUT2D eigenvalue weighted by Crippen LogP contribution is 2.13. The summed E-state index contributed by atoms with van der Waals surface area (Å²) in [6.07, 6.45) is 0. The van der Waals surface area contributed by atoms with Gasteiger partial charge < -0.3 is 0 Å². The lowest BCUT2D eigenvalue weighted by Gasteiger charge is -1.91. The molecule has 1 heterocycles. The molecule has 0 aliphatic heterocycles. The van der Waals surface area contributed by atoms with E-state index in [1.807, 2.05) is 6.92 Å². The summed E-state index contributed by atoms with van der Waals surface area (Å²) in [7, 11) is 0. The lowest BCUT2D eigenvalue weighted by Crippen LogP contribution is -1.80. The van der Waals surface area contributed by atoms with Crippen molar-refractivity contribution in [1.29, 1.82) is 0 Å². The van der Waals surface area contributed by atoms with Gasteiger partial charge in [0.2, 0.25) is 0 Å². The van der Waals surface area contributed by atoms with Crippen LogP contribution >= 0.6 is 23.2 Å². The highest BCUT2D eigenvalue weighted by molar-refractivity contribution is 6.33. The molecular weight excluding hydrogens is 157 g/mol. The van der Waals surface area contributed by atoms with Crippen LogP contribution in [-0.4, -0.2) is 4.98 Å². The van der Waals surface area contributed by atoms with Crippen LogP contribution in [0.2, 0.25) is 10.2 Å². The second-order valence-electron chi connectivity index (χ2n) is 1.66. The van der Waals surface area contributed by atoms with E-state index in [1.54, 1.807) is 6.07 Å². The van der Waals surface area contributed by atoms with Crippen molar-refractivity contribution in [2.24, 2.45) is 0 Å². The lowest BCUT2D eigenvalue weighted by atomic mass is 10.4. The van der Waals surface area contributed by atoms with Crippen LogP contribution in [0.1, 0.15) is 5.69 Å². The number of hydrogen-bond donors (Lipinski definition) is 0. The number of hydrogen-bond acceptors (Lipinski definition) is 1. The molecule has 3 heteroatoms. The van der Waals surface area contributed by atoms with Crippen LogP contribution in [0.15, 0.2) is 6.07 Å². The van der Waals surface area contributed by atoms with Crippen molar-refractivity contribution in [2.45, 2.75) is 6.92 Å². The quantitative estimate of drug-likeness (QED) is 0.532. The highest BCUT2D eigenvalue weighted by atomic mass is 35.5. The van der Waals surface area contributed by atoms with Crippen molar-refractivity contribution in [1.82, 2.24) is 4.98 Å². The fraction of sp³-hybridized carbons (Fsp3) is 0.167. The van der Waals surface area contributed by atoms with E-state index in [9.17, 15) is 0 Å². The van der Waals surface area contributed by atoms with Gasteiger partial charge >= 0.3 is 0 Å². The van der Waals surface area contributed by atoms with Crippen LogP contribution in [0, 0.1) is 13.0 Å². The summed E-state index contributed by atoms with van der Waals surface area (Å²) in [5.41, 5.74) is 0.809. The van der Waals surface area contributed by atoms with Gasteiger partial charge in [-0.3, -0.25) is 0 Å². The van der Waals surface area contributed by atoms with Crippen molar-refractivity contribution in [3.8, 4) is 0 Å². The molecular formula is C6H4Cl2N. The van der Waals surface area contributed by atoms with Gasteiger partial charge in [-0.25, -0.2) is 4.98 Å². The number of aryl methyl sites for hydroxylation is 1. The summed E-state index contributed by atoms with van der Waals surface area (Å²) in [5.74, 6) is 0. The normalized spacial score (nSPS) is 9.67. The van der Waals surface area contributed by atoms with Crippen LogP contribution in [0.4, 0.5) is 0 Å². The standard InChI is InChI=1S/C6H4Cl2N/c1-4-2-5(7)3-6(8)9-4/h2H,1H3. The van der Waals surface area contributed by atoms with Gasteiger partial charge in [-0.2, -0.15) is 0 Å². The van der Waals surface area contributed by atoms with Gasteiger partial charge in [-0.15, -0.1) is 0 Å². The largest absolute Gasteiger partial charge is 0.241 e. The smallest absolute Gasteiger partial charge is 0.138 e. The molecule has 9 heavy (non-hydrogen) atoms. The molecule has 1 aromatic rings. The minimum Gasteiger partial charge on any atom is -0.241 e. The van der Waals surface area contributed by atoms with Crippen molar-refractivity contribution in [3.05, 3.63) is 28.0 Å². The molecule has 0 aromatic carbocycles. The van der Waals surface area contributed by atoms with Crippen LogP contribution < -0.4 is 0 Å². The molecule has 0 saturated heterocycles. The maximum Gasteiger partial charge on any atom is 0.138 e. The SMILES string of the molecule is Cc1cc(Cl)[c]c(Cl)n1. The highest BCUT2D eigenvalue weighted by Gasteiger charge is 1.93. The zero-order chi connectivity index (χ0) is 6.85. The molecule has 47 valence electrons. The van der Waals surface area contributed by atoms with Gasteiger partial charge in [0.25, 0.3) is 0 Å². The number of aromatic nitrogens is 1. The molecule has 0 amide bonds. The molecule has 0 aliphatic carbocycles. The molecule has 0 aliphatic rings. The summed E-state index contributed by atoms with van der Waals surface area (Å²) in [6.45, 7) is 1.82. The molecule has 0 atom stereocenters. The topological polar surface area (TPSA) is 12.9 Å². The molecule has 0 fully saturated rings. The van der Waals surface area contributed by atoms with Gasteiger partial charge in [-0.05, 0) is 13.0 Å². The van der Waals surface area contributed by atoms with E-state index in [0.717, 1.165) is 5.69 Å². The van der Waals surface area contributed by atoms with E-state index in [1.165, 1.54) is 0 Å². The molecule has 0 unspecified atom stereocenters. The monoisotopic (exact) mass is 160 g/mol. The second kappa shape index (κ2) is 2.54. The van der Waals surface area contributed by atoms with Gasteiger partial charge in [0.1, 0.15) is 5.15 Å². The van der Waals surface area contributed by atoms with Gasteiger partial charge in [0.15, 0.2) is 0 Å². The van der Waals surface area contributed by atoms with E-state index >= 15 is 0 Å². The second-order valence-corrected chi connectivity index (χ2v) is 2.43. The van der Waals surface area contributed by atoms with Gasteiger partial charge in [-0.1, -0.05) is 23.2 Å². The predicted octanol–water partition coefficient (Wildman–Crippen LogP) is 2.50. The Morgan fingerprint density at radius 2 is 2.22 bits per heavy atom. The summed E-state index contributed by atoms with van der Waals surface area (Å²) in [6, 6.07) is 4.33. The van der Waals surface area contributed by atoms with Crippen molar-refractivity contribution >= 4 is 23.2 Å². The number of halogens is 2. The first-order valence-electron chi connectivity index (χ1n) is 2.40. The fourth-order valence-corrected chi connectivity index (χ4v) is 1.06. The zero-order valence-corrected chi connectivity index (χ0v) is 6.29. The average molecular weight is 161 g/mol. The molecule has 1 rings (SSSR count). The summed E-state index contributed by atoms with van der Waals surface area (Å²) in [4.78, 5) is 3.86. The molecule has 0 spiro atoms. The Balaban J connectivity index is 3.17. The molecule has 1 aromatic heterocycles. The maximum absolute atomic E-state index is 5.57. The molecule has 0 N–H and O–H groups in total. The Hall–Kier alpha value is -0.270. The van der Waals surface area contributed by atoms with E-state index < -0.39 is 0 Å². The number of rotatable bonds is 0. The van der Waals surface area contributed by atoms with E-state index in [0.29, 0.717) is 10.2 Å². The van der Waals surface area contributed by atoms with Crippen molar-refractivity contribution < 1.29 is 0 Å². The van der Waals surface area contributed by atoms with Crippen molar-refractivity contribution in [3.63, 3.8) is 0 Å². The first-order chi connectivity index (χ1) is 4.18. The first kappa shape index (κ1) is 6.84. The van der Waals surface area contributed by atoms with E-state index in [4.69, 9.17) is 23.2 Å². The van der Waals surface area contributed by atoms with Crippen LogP contribution in [0.3, 0.4) is 0 Å². The van der Waals surface area contributed by atoms with Crippen molar-refractivity contribution in [2.75, 3.05) is 0 Å². The summed E-state index contributed by atoms with van der Waals surface area (Å²) in [5, 5.41) is 0.826. The zero-order valence-electron chi connectivity index (χ0n) is 4.78. The minimum absolute atomic E-state index is 0.319. The van der Waals surface area contributed by atoms with Gasteiger partial charge in [0, 0.05) is 11.8 Å². The first-order valence-corrected chi connectivity index (χ1v) is 3.16. The van der Waals surface area contributed by atoms with Gasteiger partial charge in [0.05, 0.1) is 5.02 Å². The molecule has 0 bridgehead atoms. The Bertz CT molecular complexity index is 172. The third kappa shape index (κ3) is 1.84. The summed E-state index contributed by atoms with van der Waals surface area (Å²) < 4.78 is 0. The molecule has 0 saturated carbocycles. The predicted molar refractivity (Wildman–Crippen MR) is 37.8 cm³/mol. The van der Waals surface area contributed by atoms with Crippen LogP contribution in [0.5, 0.6) is 0 Å². The minimum atomic E-state index is 0.319. The third-order valence-electron chi connectivity index (χ3n) is 0.833. The summed E-state index contributed by atoms with van der Waals surface area (Å²) >= 11 is 11.1.